The van der Waals surface area contributed by atoms with Gasteiger partial charge in [0, 0.05) is 99.6 Å². The summed E-state index contributed by atoms with van der Waals surface area (Å²) in [5, 5.41) is 9.23. The van der Waals surface area contributed by atoms with Gasteiger partial charge in [-0.15, -0.1) is 0 Å². The van der Waals surface area contributed by atoms with Crippen molar-refractivity contribution in [3.8, 4) is 103 Å². The van der Waals surface area contributed by atoms with Crippen molar-refractivity contribution >= 4 is 87.2 Å². The highest BCUT2D eigenvalue weighted by atomic mass is 15.1. The van der Waals surface area contributed by atoms with Crippen molar-refractivity contribution in [2.75, 3.05) is 0 Å². The van der Waals surface area contributed by atoms with Crippen molar-refractivity contribution in [3.63, 3.8) is 0 Å². The fourth-order valence-corrected chi connectivity index (χ4v) is 15.0. The lowest BCUT2D eigenvalue weighted by molar-refractivity contribution is 1.04. The fourth-order valence-electron chi connectivity index (χ4n) is 15.0. The van der Waals surface area contributed by atoms with Crippen LogP contribution < -0.4 is 0 Å². The number of rotatable bonds is 11. The standard InChI is InChI=1S/C49H31N7.C43H27N7/c1-4-14-32(15-5-1)46-50-30-37(31-51-46)56-44-26-24-35(49-53-47(33-16-6-2-7-17-33)52-48(54-49)34-18-8-3-9-19-34)28-40(44)41-29-36(25-27-45(41)56)55-42-22-12-10-20-38(42)39-21-11-13-23-43(39)55;1-3-11-28(12-4-1)41-46-42(29-13-5-2-6-14-29)48-43(47-41)30-19-21-38-34(25-30)35-26-31(20-22-39(35)50(38)40-23-24-44-27-45-40)49-36-17-9-7-15-32(36)33-16-8-10-18-37(33)49/h1-31H;1-27H. The van der Waals surface area contributed by atoms with Crippen molar-refractivity contribution in [1.29, 1.82) is 0 Å². The monoisotopic (exact) mass is 1360 g/mol. The summed E-state index contributed by atoms with van der Waals surface area (Å²) in [5.41, 5.74) is 18.3. The second-order valence-corrected chi connectivity index (χ2v) is 26.1. The van der Waals surface area contributed by atoms with E-state index in [0.29, 0.717) is 40.8 Å². The molecule has 14 heteroatoms. The van der Waals surface area contributed by atoms with E-state index in [9.17, 15) is 0 Å². The molecule has 14 nitrogen and oxygen atoms in total. The second kappa shape index (κ2) is 25.7. The van der Waals surface area contributed by atoms with E-state index >= 15 is 0 Å². The highest BCUT2D eigenvalue weighted by Crippen LogP contribution is 2.42. The van der Waals surface area contributed by atoms with E-state index in [0.717, 1.165) is 116 Å². The summed E-state index contributed by atoms with van der Waals surface area (Å²) in [6.07, 6.45) is 7.19. The summed E-state index contributed by atoms with van der Waals surface area (Å²) in [4.78, 5) is 48.5. The van der Waals surface area contributed by atoms with E-state index in [-0.39, 0.29) is 0 Å². The zero-order valence-corrected chi connectivity index (χ0v) is 56.7. The number of nitrogens with zero attached hydrogens (tertiary/aromatic N) is 14. The SMILES string of the molecule is c1ccc(-c2nc(-c3ccccc3)nc(-c3ccc4c(c3)c3cc(-n5c6ccccc6c6ccccc65)ccc3n4-c3ccncn3)n2)cc1.c1ccc(-c2ncc(-n3c4ccc(-c5nc(-c6ccccc6)nc(-c6ccccc6)n5)cc4c4cc(-n5c6ccccc6c6ccccc65)ccc43)cn2)cc1. The van der Waals surface area contributed by atoms with E-state index in [1.165, 1.54) is 32.6 Å². The van der Waals surface area contributed by atoms with Gasteiger partial charge in [0.05, 0.1) is 62.2 Å². The molecule has 0 aliphatic carbocycles. The van der Waals surface area contributed by atoms with E-state index in [2.05, 4.69) is 198 Å². The maximum Gasteiger partial charge on any atom is 0.164 e. The van der Waals surface area contributed by atoms with Crippen LogP contribution >= 0.6 is 0 Å². The lowest BCUT2D eigenvalue weighted by atomic mass is 10.1. The molecule has 8 aromatic heterocycles. The highest BCUT2D eigenvalue weighted by molar-refractivity contribution is 6.15. The molecule has 21 rings (SSSR count). The van der Waals surface area contributed by atoms with Crippen LogP contribution in [0.25, 0.3) is 190 Å². The zero-order chi connectivity index (χ0) is 70.0. The Bertz CT molecular complexity index is 6700. The number of hydrogen-bond donors (Lipinski definition) is 0. The summed E-state index contributed by atoms with van der Waals surface area (Å²) >= 11 is 0. The van der Waals surface area contributed by atoms with Crippen LogP contribution in [0.2, 0.25) is 0 Å². The lowest BCUT2D eigenvalue weighted by Gasteiger charge is -2.10. The molecule has 0 N–H and O–H groups in total. The van der Waals surface area contributed by atoms with Crippen molar-refractivity contribution in [3.05, 3.63) is 353 Å². The second-order valence-electron chi connectivity index (χ2n) is 26.1. The van der Waals surface area contributed by atoms with Gasteiger partial charge in [-0.3, -0.25) is 4.57 Å². The zero-order valence-electron chi connectivity index (χ0n) is 56.7. The first-order chi connectivity index (χ1) is 52.6. The average Bonchev–Trinajstić information content (AvgIpc) is 1.58. The molecule has 106 heavy (non-hydrogen) atoms. The third-order valence-electron chi connectivity index (χ3n) is 19.8. The smallest absolute Gasteiger partial charge is 0.164 e. The molecule has 21 aromatic rings. The average molecular weight is 1360 g/mol. The van der Waals surface area contributed by atoms with Gasteiger partial charge in [-0.05, 0) is 103 Å². The minimum Gasteiger partial charge on any atom is -0.309 e. The Labute approximate surface area is 606 Å². The number of fused-ring (bicyclic) bond motifs is 12. The Balaban J connectivity index is 0.000000141. The van der Waals surface area contributed by atoms with Gasteiger partial charge < -0.3 is 13.7 Å². The van der Waals surface area contributed by atoms with Gasteiger partial charge in [0.2, 0.25) is 0 Å². The molecule has 0 bridgehead atoms. The maximum atomic E-state index is 5.06. The third-order valence-corrected chi connectivity index (χ3v) is 19.8. The summed E-state index contributed by atoms with van der Waals surface area (Å²) in [6, 6.07) is 113. The van der Waals surface area contributed by atoms with Crippen molar-refractivity contribution in [2.45, 2.75) is 0 Å². The molecule has 496 valence electrons. The Hall–Kier alpha value is -14.8. The summed E-state index contributed by atoms with van der Waals surface area (Å²) in [7, 11) is 0. The van der Waals surface area contributed by atoms with Crippen LogP contribution in [0.5, 0.6) is 0 Å². The van der Waals surface area contributed by atoms with Crippen molar-refractivity contribution in [1.82, 2.24) is 68.1 Å². The van der Waals surface area contributed by atoms with Gasteiger partial charge in [0.15, 0.2) is 40.8 Å². The molecule has 0 amide bonds. The van der Waals surface area contributed by atoms with Crippen LogP contribution in [0, 0.1) is 0 Å². The molecular formula is C92H58N14. The van der Waals surface area contributed by atoms with Gasteiger partial charge in [-0.2, -0.15) is 0 Å². The minimum absolute atomic E-state index is 0.606. The highest BCUT2D eigenvalue weighted by Gasteiger charge is 2.23. The summed E-state index contributed by atoms with van der Waals surface area (Å²) in [6.45, 7) is 0. The first-order valence-electron chi connectivity index (χ1n) is 35.1. The molecule has 8 heterocycles. The van der Waals surface area contributed by atoms with E-state index in [1.54, 1.807) is 12.5 Å². The van der Waals surface area contributed by atoms with Crippen molar-refractivity contribution < 1.29 is 0 Å². The topological polar surface area (TPSA) is 149 Å². The Kier molecular flexibility index (Phi) is 14.8. The van der Waals surface area contributed by atoms with Crippen LogP contribution in [0.4, 0.5) is 0 Å². The molecule has 0 aliphatic heterocycles. The van der Waals surface area contributed by atoms with E-state index in [4.69, 9.17) is 39.9 Å². The molecule has 0 saturated carbocycles. The quantitative estimate of drug-likeness (QED) is 0.122. The Morgan fingerprint density at radius 3 is 0.821 bits per heavy atom. The molecule has 0 spiro atoms. The first-order valence-corrected chi connectivity index (χ1v) is 35.1. The number of benzene rings is 13. The minimum atomic E-state index is 0.606. The number of hydrogen-bond acceptors (Lipinski definition) is 10. The van der Waals surface area contributed by atoms with Crippen LogP contribution in [-0.4, -0.2) is 68.1 Å². The summed E-state index contributed by atoms with van der Waals surface area (Å²) < 4.78 is 9.16. The van der Waals surface area contributed by atoms with Crippen LogP contribution in [0.15, 0.2) is 353 Å². The Morgan fingerprint density at radius 2 is 0.472 bits per heavy atom. The van der Waals surface area contributed by atoms with Crippen LogP contribution in [0.3, 0.4) is 0 Å². The molecule has 0 radical (unpaired) electrons. The van der Waals surface area contributed by atoms with Crippen molar-refractivity contribution in [2.24, 2.45) is 0 Å². The largest absolute Gasteiger partial charge is 0.309 e. The van der Waals surface area contributed by atoms with E-state index in [1.807, 2.05) is 170 Å². The van der Waals surface area contributed by atoms with Gasteiger partial charge in [-0.1, -0.05) is 224 Å². The molecule has 13 aromatic carbocycles. The molecule has 0 atom stereocenters. The molecule has 0 fully saturated rings. The van der Waals surface area contributed by atoms with Gasteiger partial charge >= 0.3 is 0 Å². The molecule has 0 unspecified atom stereocenters. The van der Waals surface area contributed by atoms with Crippen LogP contribution in [0.1, 0.15) is 0 Å². The predicted octanol–water partition coefficient (Wildman–Crippen LogP) is 21.4. The molecule has 0 saturated heterocycles. The van der Waals surface area contributed by atoms with Crippen LogP contribution in [-0.2, 0) is 0 Å². The van der Waals surface area contributed by atoms with Gasteiger partial charge in [0.1, 0.15) is 12.1 Å². The van der Waals surface area contributed by atoms with Gasteiger partial charge in [0.25, 0.3) is 0 Å². The third kappa shape index (κ3) is 10.7. The Morgan fingerprint density at radius 1 is 0.189 bits per heavy atom. The molecular weight excluding hydrogens is 1300 g/mol. The van der Waals surface area contributed by atoms with E-state index < -0.39 is 0 Å². The fraction of sp³-hybridized carbons (Fsp3) is 0. The number of para-hydroxylation sites is 4. The first kappa shape index (κ1) is 61.1. The maximum absolute atomic E-state index is 5.06. The van der Waals surface area contributed by atoms with Gasteiger partial charge in [-0.25, -0.2) is 49.8 Å². The lowest BCUT2D eigenvalue weighted by Crippen LogP contribution is -2.00. The predicted molar refractivity (Wildman–Crippen MR) is 426 cm³/mol. The number of aromatic nitrogens is 14. The normalized spacial score (nSPS) is 11.6. The molecule has 0 aliphatic rings. The summed E-state index contributed by atoms with van der Waals surface area (Å²) in [5.74, 6) is 5.22.